The molecule has 0 aromatic heterocycles. The molecule has 5 nitrogen and oxygen atoms in total. The second kappa shape index (κ2) is 4.53. The number of amides is 1. The topological polar surface area (TPSA) is 69.6 Å². The zero-order valence-corrected chi connectivity index (χ0v) is 10.5. The summed E-state index contributed by atoms with van der Waals surface area (Å²) in [5.41, 5.74) is 0. The van der Waals surface area contributed by atoms with Crippen LogP contribution in [0.4, 0.5) is 0 Å². The Morgan fingerprint density at radius 2 is 1.72 bits per heavy atom. The van der Waals surface area contributed by atoms with Crippen molar-refractivity contribution in [2.24, 2.45) is 11.8 Å². The Labute approximate surface area is 107 Å². The molecule has 1 amide bonds. The van der Waals surface area contributed by atoms with E-state index in [4.69, 9.17) is 5.11 Å². The zero-order valence-electron chi connectivity index (χ0n) is 10.5. The normalized spacial score (nSPS) is 33.1. The van der Waals surface area contributed by atoms with E-state index < -0.39 is 11.9 Å². The third kappa shape index (κ3) is 2.51. The minimum atomic E-state index is -0.835. The fourth-order valence-corrected chi connectivity index (χ4v) is 2.91. The van der Waals surface area contributed by atoms with Crippen molar-refractivity contribution in [3.8, 4) is 0 Å². The molecule has 5 heteroatoms. The highest BCUT2D eigenvalue weighted by atomic mass is 16.4. The average Bonchev–Trinajstić information content (AvgIpc) is 3.22. The molecule has 0 bridgehead atoms. The summed E-state index contributed by atoms with van der Waals surface area (Å²) in [6.07, 6.45) is 5.19. The molecule has 2 saturated carbocycles. The van der Waals surface area contributed by atoms with Gasteiger partial charge in [0, 0.05) is 25.2 Å². The van der Waals surface area contributed by atoms with E-state index in [9.17, 15) is 9.59 Å². The lowest BCUT2D eigenvalue weighted by atomic mass is 10.0. The molecule has 3 aliphatic rings. The maximum Gasteiger partial charge on any atom is 0.307 e. The minimum absolute atomic E-state index is 0.0488. The first-order valence-corrected chi connectivity index (χ1v) is 6.92. The number of piperidine rings is 1. The number of carbonyl (C=O) groups excluding carboxylic acids is 1. The number of hydrogen-bond donors (Lipinski definition) is 2. The third-order valence-electron chi connectivity index (χ3n) is 4.38. The molecule has 3 rings (SSSR count). The van der Waals surface area contributed by atoms with E-state index in [0.29, 0.717) is 6.42 Å². The summed E-state index contributed by atoms with van der Waals surface area (Å²) in [5.74, 6) is -1.59. The Bertz CT molecular complexity index is 359. The van der Waals surface area contributed by atoms with Gasteiger partial charge >= 0.3 is 5.97 Å². The van der Waals surface area contributed by atoms with Crippen molar-refractivity contribution in [1.29, 1.82) is 0 Å². The van der Waals surface area contributed by atoms with Crippen LogP contribution in [-0.4, -0.2) is 47.1 Å². The monoisotopic (exact) mass is 252 g/mol. The summed E-state index contributed by atoms with van der Waals surface area (Å²) < 4.78 is 0. The molecule has 0 aromatic rings. The van der Waals surface area contributed by atoms with Crippen LogP contribution >= 0.6 is 0 Å². The SMILES string of the molecule is O=C(O)[C@H]1C[C@H]1C(=O)NC1CCN(C2CC2)CC1. The molecule has 1 heterocycles. The lowest BCUT2D eigenvalue weighted by molar-refractivity contribution is -0.140. The smallest absolute Gasteiger partial charge is 0.307 e. The molecule has 3 fully saturated rings. The highest BCUT2D eigenvalue weighted by molar-refractivity contribution is 5.89. The largest absolute Gasteiger partial charge is 0.481 e. The van der Waals surface area contributed by atoms with Gasteiger partial charge in [0.2, 0.25) is 5.91 Å². The van der Waals surface area contributed by atoms with Crippen molar-refractivity contribution < 1.29 is 14.7 Å². The average molecular weight is 252 g/mol. The van der Waals surface area contributed by atoms with Crippen molar-refractivity contribution in [3.05, 3.63) is 0 Å². The molecule has 1 saturated heterocycles. The molecule has 2 atom stereocenters. The molecule has 0 aromatic carbocycles. The van der Waals surface area contributed by atoms with Gasteiger partial charge in [-0.2, -0.15) is 0 Å². The van der Waals surface area contributed by atoms with Crippen molar-refractivity contribution >= 4 is 11.9 Å². The molecule has 18 heavy (non-hydrogen) atoms. The third-order valence-corrected chi connectivity index (χ3v) is 4.38. The van der Waals surface area contributed by atoms with Gasteiger partial charge in [-0.05, 0) is 32.1 Å². The van der Waals surface area contributed by atoms with Crippen LogP contribution in [0.15, 0.2) is 0 Å². The van der Waals surface area contributed by atoms with Crippen LogP contribution in [-0.2, 0) is 9.59 Å². The lowest BCUT2D eigenvalue weighted by Crippen LogP contribution is -2.45. The number of hydrogen-bond acceptors (Lipinski definition) is 3. The molecule has 1 aliphatic heterocycles. The summed E-state index contributed by atoms with van der Waals surface area (Å²) in [5, 5.41) is 11.8. The molecular formula is C13H20N2O3. The number of carbonyl (C=O) groups is 2. The maximum atomic E-state index is 11.8. The molecular weight excluding hydrogens is 232 g/mol. The number of rotatable bonds is 4. The summed E-state index contributed by atoms with van der Waals surface area (Å²) in [7, 11) is 0. The molecule has 0 spiro atoms. The summed E-state index contributed by atoms with van der Waals surface area (Å²) >= 11 is 0. The number of likely N-dealkylation sites (tertiary alicyclic amines) is 1. The predicted molar refractivity (Wildman–Crippen MR) is 65.0 cm³/mol. The molecule has 2 N–H and O–H groups in total. The van der Waals surface area contributed by atoms with Crippen molar-refractivity contribution in [1.82, 2.24) is 10.2 Å². The molecule has 0 radical (unpaired) electrons. The summed E-state index contributed by atoms with van der Waals surface area (Å²) in [6.45, 7) is 2.14. The van der Waals surface area contributed by atoms with Gasteiger partial charge in [-0.3, -0.25) is 9.59 Å². The van der Waals surface area contributed by atoms with E-state index in [1.54, 1.807) is 0 Å². The molecule has 0 unspecified atom stereocenters. The number of aliphatic carboxylic acids is 1. The lowest BCUT2D eigenvalue weighted by Gasteiger charge is -2.32. The second-order valence-electron chi connectivity index (χ2n) is 5.84. The van der Waals surface area contributed by atoms with E-state index in [1.165, 1.54) is 12.8 Å². The second-order valence-corrected chi connectivity index (χ2v) is 5.84. The van der Waals surface area contributed by atoms with Crippen LogP contribution in [0, 0.1) is 11.8 Å². The van der Waals surface area contributed by atoms with E-state index in [0.717, 1.165) is 32.0 Å². The Morgan fingerprint density at radius 3 is 2.22 bits per heavy atom. The number of carboxylic acids is 1. The highest BCUT2D eigenvalue weighted by Crippen LogP contribution is 2.39. The quantitative estimate of drug-likeness (QED) is 0.762. The predicted octanol–water partition coefficient (Wildman–Crippen LogP) is 0.450. The Hall–Kier alpha value is -1.10. The van der Waals surface area contributed by atoms with Gasteiger partial charge in [-0.15, -0.1) is 0 Å². The maximum absolute atomic E-state index is 11.8. The first-order valence-electron chi connectivity index (χ1n) is 6.92. The van der Waals surface area contributed by atoms with Crippen LogP contribution < -0.4 is 5.32 Å². The highest BCUT2D eigenvalue weighted by Gasteiger charge is 2.48. The fourth-order valence-electron chi connectivity index (χ4n) is 2.91. The van der Waals surface area contributed by atoms with Gasteiger partial charge in [0.05, 0.1) is 11.8 Å². The minimum Gasteiger partial charge on any atom is -0.481 e. The zero-order chi connectivity index (χ0) is 12.7. The van der Waals surface area contributed by atoms with E-state index >= 15 is 0 Å². The van der Waals surface area contributed by atoms with Gasteiger partial charge in [0.1, 0.15) is 0 Å². The molecule has 2 aliphatic carbocycles. The van der Waals surface area contributed by atoms with Crippen molar-refractivity contribution in [2.75, 3.05) is 13.1 Å². The summed E-state index contributed by atoms with van der Waals surface area (Å²) in [4.78, 5) is 25.0. The van der Waals surface area contributed by atoms with Gasteiger partial charge in [-0.25, -0.2) is 0 Å². The summed E-state index contributed by atoms with van der Waals surface area (Å²) in [6, 6.07) is 1.06. The number of nitrogens with zero attached hydrogens (tertiary/aromatic N) is 1. The van der Waals surface area contributed by atoms with Gasteiger partial charge in [-0.1, -0.05) is 0 Å². The van der Waals surface area contributed by atoms with E-state index in [-0.39, 0.29) is 17.9 Å². The Balaban J connectivity index is 1.41. The van der Waals surface area contributed by atoms with Gasteiger partial charge < -0.3 is 15.3 Å². The number of nitrogens with one attached hydrogen (secondary N) is 1. The van der Waals surface area contributed by atoms with E-state index in [1.807, 2.05) is 0 Å². The fraction of sp³-hybridized carbons (Fsp3) is 0.846. The first-order chi connectivity index (χ1) is 8.65. The Morgan fingerprint density at radius 1 is 1.06 bits per heavy atom. The molecule has 100 valence electrons. The van der Waals surface area contributed by atoms with Gasteiger partial charge in [0.15, 0.2) is 0 Å². The standard InChI is InChI=1S/C13H20N2O3/c16-12(10-7-11(10)13(17)18)14-8-3-5-15(6-4-8)9-1-2-9/h8-11H,1-7H2,(H,14,16)(H,17,18)/t10-,11+/m1/s1. The van der Waals surface area contributed by atoms with Crippen molar-refractivity contribution in [2.45, 2.75) is 44.2 Å². The first kappa shape index (κ1) is 12.0. The van der Waals surface area contributed by atoms with Crippen molar-refractivity contribution in [3.63, 3.8) is 0 Å². The van der Waals surface area contributed by atoms with Crippen LogP contribution in [0.2, 0.25) is 0 Å². The van der Waals surface area contributed by atoms with E-state index in [2.05, 4.69) is 10.2 Å². The Kier molecular flexibility index (Phi) is 3.01. The van der Waals surface area contributed by atoms with Gasteiger partial charge in [0.25, 0.3) is 0 Å². The number of carboxylic acid groups (broad SMARTS) is 1. The van der Waals surface area contributed by atoms with Crippen LogP contribution in [0.1, 0.15) is 32.1 Å². The van der Waals surface area contributed by atoms with Crippen LogP contribution in [0.3, 0.4) is 0 Å². The van der Waals surface area contributed by atoms with Crippen LogP contribution in [0.5, 0.6) is 0 Å². The van der Waals surface area contributed by atoms with Crippen LogP contribution in [0.25, 0.3) is 0 Å².